The van der Waals surface area contributed by atoms with Gasteiger partial charge >= 0.3 is 0 Å². The number of furan rings is 1. The van der Waals surface area contributed by atoms with E-state index in [1.807, 2.05) is 12.1 Å². The number of hydrogen-bond donors (Lipinski definition) is 0. The van der Waals surface area contributed by atoms with E-state index in [0.717, 1.165) is 22.0 Å². The second-order valence-corrected chi connectivity index (χ2v) is 8.09. The highest BCUT2D eigenvalue weighted by atomic mass is 16.3. The van der Waals surface area contributed by atoms with Crippen LogP contribution in [-0.4, -0.2) is 9.55 Å². The number of pyridine rings is 1. The Kier molecular flexibility index (Phi) is 3.55. The Balaban J connectivity index is 1.53. The third-order valence-corrected chi connectivity index (χ3v) is 6.27. The van der Waals surface area contributed by atoms with Gasteiger partial charge in [-0.05, 0) is 59.7 Å². The summed E-state index contributed by atoms with van der Waals surface area (Å²) in [7, 11) is 0. The van der Waals surface area contributed by atoms with Crippen LogP contribution in [0.2, 0.25) is 0 Å². The maximum atomic E-state index is 5.94. The summed E-state index contributed by atoms with van der Waals surface area (Å²) >= 11 is 0. The van der Waals surface area contributed by atoms with Crippen molar-refractivity contribution in [2.45, 2.75) is 0 Å². The summed E-state index contributed by atoms with van der Waals surface area (Å²) < 4.78 is 8.29. The van der Waals surface area contributed by atoms with Crippen molar-refractivity contribution in [1.29, 1.82) is 0 Å². The zero-order valence-electron chi connectivity index (χ0n) is 17.2. The quantitative estimate of drug-likeness (QED) is 0.292. The largest absolute Gasteiger partial charge is 0.438 e. The lowest BCUT2D eigenvalue weighted by atomic mass is 10.0. The predicted molar refractivity (Wildman–Crippen MR) is 131 cm³/mol. The van der Waals surface area contributed by atoms with Gasteiger partial charge < -0.3 is 8.98 Å². The standard InChI is InChI=1S/C29H18N2O/c1-2-7-19(8-3-1)20-12-14-27-24(17-20)22-9-4-5-11-26(22)31(27)21-13-15-28-25(18-21)23-10-6-16-30-29(23)32-28/h1-18H. The van der Waals surface area contributed by atoms with Gasteiger partial charge in [0.2, 0.25) is 5.71 Å². The fourth-order valence-corrected chi connectivity index (χ4v) is 4.80. The van der Waals surface area contributed by atoms with Crippen molar-refractivity contribution in [2.24, 2.45) is 0 Å². The van der Waals surface area contributed by atoms with Crippen LogP contribution in [0.4, 0.5) is 0 Å². The lowest BCUT2D eigenvalue weighted by molar-refractivity contribution is 0.654. The van der Waals surface area contributed by atoms with E-state index in [4.69, 9.17) is 4.42 Å². The fraction of sp³-hybridized carbons (Fsp3) is 0. The molecule has 0 N–H and O–H groups in total. The van der Waals surface area contributed by atoms with E-state index >= 15 is 0 Å². The highest BCUT2D eigenvalue weighted by Crippen LogP contribution is 2.36. The first-order chi connectivity index (χ1) is 15.9. The van der Waals surface area contributed by atoms with Crippen LogP contribution in [0.15, 0.2) is 114 Å². The normalized spacial score (nSPS) is 11.8. The Hall–Kier alpha value is -4.37. The summed E-state index contributed by atoms with van der Waals surface area (Å²) in [5.74, 6) is 0. The van der Waals surface area contributed by atoms with Crippen molar-refractivity contribution >= 4 is 43.9 Å². The van der Waals surface area contributed by atoms with Crippen molar-refractivity contribution in [2.75, 3.05) is 0 Å². The predicted octanol–water partition coefficient (Wildman–Crippen LogP) is 7.75. The van der Waals surface area contributed by atoms with Crippen LogP contribution >= 0.6 is 0 Å². The van der Waals surface area contributed by atoms with E-state index < -0.39 is 0 Å². The molecule has 0 atom stereocenters. The van der Waals surface area contributed by atoms with Gasteiger partial charge in [0.1, 0.15) is 5.58 Å². The maximum Gasteiger partial charge on any atom is 0.227 e. The molecule has 4 aromatic carbocycles. The molecular weight excluding hydrogens is 392 g/mol. The number of fused-ring (bicyclic) bond motifs is 6. The molecule has 150 valence electrons. The maximum absolute atomic E-state index is 5.94. The average Bonchev–Trinajstić information content (AvgIpc) is 3.39. The Morgan fingerprint density at radius 3 is 2.31 bits per heavy atom. The molecule has 7 aromatic rings. The minimum absolute atomic E-state index is 0.675. The summed E-state index contributed by atoms with van der Waals surface area (Å²) in [6, 6.07) is 36.3. The number of nitrogens with zero attached hydrogens (tertiary/aromatic N) is 2. The van der Waals surface area contributed by atoms with Crippen molar-refractivity contribution in [1.82, 2.24) is 9.55 Å². The lowest BCUT2D eigenvalue weighted by Gasteiger charge is -2.08. The molecule has 0 aliphatic heterocycles. The van der Waals surface area contributed by atoms with Gasteiger partial charge in [-0.2, -0.15) is 0 Å². The van der Waals surface area contributed by atoms with Crippen LogP contribution in [0.3, 0.4) is 0 Å². The number of hydrogen-bond acceptors (Lipinski definition) is 2. The number of benzene rings is 4. The fourth-order valence-electron chi connectivity index (χ4n) is 4.80. The van der Waals surface area contributed by atoms with Gasteiger partial charge in [-0.3, -0.25) is 0 Å². The summed E-state index contributed by atoms with van der Waals surface area (Å²) in [6.45, 7) is 0. The molecule has 0 amide bonds. The van der Waals surface area contributed by atoms with Crippen LogP contribution in [0.25, 0.3) is 60.7 Å². The van der Waals surface area contributed by atoms with Gasteiger partial charge in [-0.25, -0.2) is 4.98 Å². The molecule has 0 radical (unpaired) electrons. The summed E-state index contributed by atoms with van der Waals surface area (Å²) in [4.78, 5) is 4.38. The SMILES string of the molecule is c1ccc(-c2ccc3c(c2)c2ccccc2n3-c2ccc3oc4ncccc4c3c2)cc1. The van der Waals surface area contributed by atoms with E-state index in [2.05, 4.69) is 101 Å². The van der Waals surface area contributed by atoms with Crippen LogP contribution in [0.5, 0.6) is 0 Å². The monoisotopic (exact) mass is 410 g/mol. The molecule has 3 heterocycles. The molecule has 0 spiro atoms. The number of rotatable bonds is 2. The molecule has 0 aliphatic rings. The molecule has 32 heavy (non-hydrogen) atoms. The van der Waals surface area contributed by atoms with Crippen LogP contribution in [0.1, 0.15) is 0 Å². The summed E-state index contributed by atoms with van der Waals surface area (Å²) in [6.07, 6.45) is 1.77. The average molecular weight is 410 g/mol. The lowest BCUT2D eigenvalue weighted by Crippen LogP contribution is -1.93. The van der Waals surface area contributed by atoms with Crippen molar-refractivity contribution < 1.29 is 4.42 Å². The highest BCUT2D eigenvalue weighted by molar-refractivity contribution is 6.11. The van der Waals surface area contributed by atoms with Crippen molar-refractivity contribution in [3.8, 4) is 16.8 Å². The number of aromatic nitrogens is 2. The van der Waals surface area contributed by atoms with Gasteiger partial charge in [-0.1, -0.05) is 54.6 Å². The van der Waals surface area contributed by atoms with Crippen LogP contribution in [0, 0.1) is 0 Å². The minimum atomic E-state index is 0.675. The van der Waals surface area contributed by atoms with E-state index in [-0.39, 0.29) is 0 Å². The zero-order chi connectivity index (χ0) is 21.1. The molecule has 0 saturated carbocycles. The second-order valence-electron chi connectivity index (χ2n) is 8.09. The summed E-state index contributed by atoms with van der Waals surface area (Å²) in [5, 5.41) is 4.62. The van der Waals surface area contributed by atoms with E-state index in [0.29, 0.717) is 5.71 Å². The topological polar surface area (TPSA) is 31.0 Å². The first-order valence-corrected chi connectivity index (χ1v) is 10.7. The molecule has 0 aliphatic carbocycles. The van der Waals surface area contributed by atoms with Crippen molar-refractivity contribution in [3.63, 3.8) is 0 Å². The molecule has 7 rings (SSSR count). The highest BCUT2D eigenvalue weighted by Gasteiger charge is 2.15. The van der Waals surface area contributed by atoms with Crippen LogP contribution < -0.4 is 0 Å². The zero-order valence-corrected chi connectivity index (χ0v) is 17.2. The van der Waals surface area contributed by atoms with Gasteiger partial charge in [0.05, 0.1) is 11.0 Å². The third-order valence-electron chi connectivity index (χ3n) is 6.27. The third kappa shape index (κ3) is 2.45. The van der Waals surface area contributed by atoms with Crippen LogP contribution in [-0.2, 0) is 0 Å². The van der Waals surface area contributed by atoms with E-state index in [1.54, 1.807) is 6.20 Å². The smallest absolute Gasteiger partial charge is 0.227 e. The van der Waals surface area contributed by atoms with Crippen molar-refractivity contribution in [3.05, 3.63) is 109 Å². The summed E-state index contributed by atoms with van der Waals surface area (Å²) in [5.41, 5.74) is 7.48. The van der Waals surface area contributed by atoms with E-state index in [1.165, 1.54) is 32.9 Å². The van der Waals surface area contributed by atoms with Gasteiger partial charge in [0.15, 0.2) is 0 Å². The molecule has 0 bridgehead atoms. The molecule has 0 unspecified atom stereocenters. The Morgan fingerprint density at radius 2 is 1.38 bits per heavy atom. The van der Waals surface area contributed by atoms with Gasteiger partial charge in [0.25, 0.3) is 0 Å². The second kappa shape index (κ2) is 6.56. The Bertz CT molecular complexity index is 1770. The van der Waals surface area contributed by atoms with E-state index in [9.17, 15) is 0 Å². The first-order valence-electron chi connectivity index (χ1n) is 10.7. The molecule has 0 fully saturated rings. The molecule has 3 heteroatoms. The molecule has 0 saturated heterocycles. The number of para-hydroxylation sites is 1. The molecule has 3 aromatic heterocycles. The first kappa shape index (κ1) is 17.3. The minimum Gasteiger partial charge on any atom is -0.438 e. The Morgan fingerprint density at radius 1 is 0.562 bits per heavy atom. The molecular formula is C29H18N2O. The Labute approximate surface area is 184 Å². The van der Waals surface area contributed by atoms with Gasteiger partial charge in [-0.15, -0.1) is 0 Å². The van der Waals surface area contributed by atoms with Gasteiger partial charge in [0, 0.05) is 33.4 Å². The molecule has 3 nitrogen and oxygen atoms in total.